The van der Waals surface area contributed by atoms with Gasteiger partial charge in [0.25, 0.3) is 0 Å². The summed E-state index contributed by atoms with van der Waals surface area (Å²) in [5.41, 5.74) is 2.59. The summed E-state index contributed by atoms with van der Waals surface area (Å²) in [4.78, 5) is 1.44. The van der Waals surface area contributed by atoms with E-state index in [1.54, 1.807) is 0 Å². The predicted octanol–water partition coefficient (Wildman–Crippen LogP) is 4.51. The van der Waals surface area contributed by atoms with Crippen LogP contribution < -0.4 is 0 Å². The fourth-order valence-electron chi connectivity index (χ4n) is 1.68. The second-order valence-corrected chi connectivity index (χ2v) is 4.91. The molecular formula is C12H13ClS. The van der Waals surface area contributed by atoms with E-state index in [0.717, 1.165) is 6.42 Å². The van der Waals surface area contributed by atoms with Crippen LogP contribution in [-0.4, -0.2) is 0 Å². The van der Waals surface area contributed by atoms with Crippen LogP contribution in [0.5, 0.6) is 0 Å². The summed E-state index contributed by atoms with van der Waals surface area (Å²) in [6.07, 6.45) is 1.11. The maximum atomic E-state index is 5.97. The number of rotatable bonds is 2. The average molecular weight is 225 g/mol. The molecule has 1 heterocycles. The Balaban J connectivity index is 2.73. The van der Waals surface area contributed by atoms with Crippen LogP contribution >= 0.6 is 22.9 Å². The van der Waals surface area contributed by atoms with Crippen LogP contribution in [0.25, 0.3) is 10.1 Å². The van der Waals surface area contributed by atoms with E-state index in [-0.39, 0.29) is 0 Å². The minimum Gasteiger partial charge on any atom is -0.140 e. The van der Waals surface area contributed by atoms with Gasteiger partial charge in [0.15, 0.2) is 0 Å². The van der Waals surface area contributed by atoms with E-state index in [2.05, 4.69) is 32.0 Å². The van der Waals surface area contributed by atoms with Crippen LogP contribution in [0.15, 0.2) is 18.2 Å². The van der Waals surface area contributed by atoms with Crippen molar-refractivity contribution in [1.29, 1.82) is 0 Å². The van der Waals surface area contributed by atoms with Gasteiger partial charge in [-0.1, -0.05) is 13.0 Å². The average Bonchev–Trinajstić information content (AvgIpc) is 2.60. The number of hydrogen-bond acceptors (Lipinski definition) is 1. The summed E-state index contributed by atoms with van der Waals surface area (Å²) in [6.45, 7) is 4.32. The zero-order chi connectivity index (χ0) is 10.1. The molecule has 2 rings (SSSR count). The van der Waals surface area contributed by atoms with Crippen molar-refractivity contribution >= 4 is 33.0 Å². The van der Waals surface area contributed by atoms with Crippen molar-refractivity contribution in [2.24, 2.45) is 0 Å². The third-order valence-corrected chi connectivity index (χ3v) is 4.09. The van der Waals surface area contributed by atoms with Crippen molar-refractivity contribution in [1.82, 2.24) is 0 Å². The van der Waals surface area contributed by atoms with Crippen molar-refractivity contribution in [3.05, 3.63) is 34.2 Å². The molecule has 0 aliphatic heterocycles. The predicted molar refractivity (Wildman–Crippen MR) is 65.5 cm³/mol. The third-order valence-electron chi connectivity index (χ3n) is 2.58. The summed E-state index contributed by atoms with van der Waals surface area (Å²) >= 11 is 7.85. The summed E-state index contributed by atoms with van der Waals surface area (Å²) in [7, 11) is 0. The van der Waals surface area contributed by atoms with E-state index in [4.69, 9.17) is 11.6 Å². The topological polar surface area (TPSA) is 0 Å². The van der Waals surface area contributed by atoms with Gasteiger partial charge in [-0.25, -0.2) is 0 Å². The molecule has 2 aromatic rings. The first-order valence-corrected chi connectivity index (χ1v) is 6.18. The Morgan fingerprint density at radius 3 is 2.79 bits per heavy atom. The molecule has 0 bridgehead atoms. The molecule has 0 saturated carbocycles. The fraction of sp³-hybridized carbons (Fsp3) is 0.333. The van der Waals surface area contributed by atoms with Crippen molar-refractivity contribution in [2.75, 3.05) is 0 Å². The van der Waals surface area contributed by atoms with Gasteiger partial charge in [-0.2, -0.15) is 0 Å². The minimum atomic E-state index is 0.614. The van der Waals surface area contributed by atoms with E-state index in [1.807, 2.05) is 11.3 Å². The minimum absolute atomic E-state index is 0.614. The first-order chi connectivity index (χ1) is 6.76. The van der Waals surface area contributed by atoms with Crippen LogP contribution in [0.4, 0.5) is 0 Å². The molecule has 74 valence electrons. The lowest BCUT2D eigenvalue weighted by molar-refractivity contribution is 1.19. The molecule has 0 amide bonds. The summed E-state index contributed by atoms with van der Waals surface area (Å²) in [6, 6.07) is 6.64. The Bertz CT molecular complexity index is 457. The summed E-state index contributed by atoms with van der Waals surface area (Å²) in [5.74, 6) is 0.614. The van der Waals surface area contributed by atoms with Gasteiger partial charge in [0.2, 0.25) is 0 Å². The first kappa shape index (κ1) is 10.0. The van der Waals surface area contributed by atoms with Gasteiger partial charge in [-0.15, -0.1) is 22.9 Å². The normalized spacial score (nSPS) is 11.1. The Labute approximate surface area is 93.5 Å². The molecule has 0 spiro atoms. The number of aryl methyl sites for hydroxylation is 2. The standard InChI is InChI=1S/C12H13ClS/c1-3-9-6-10-11(7-13)8(2)4-5-12(10)14-9/h4-6H,3,7H2,1-2H3. The molecule has 2 heteroatoms. The first-order valence-electron chi connectivity index (χ1n) is 4.83. The Hall–Kier alpha value is -0.530. The molecule has 0 atom stereocenters. The van der Waals surface area contributed by atoms with E-state index >= 15 is 0 Å². The maximum Gasteiger partial charge on any atom is 0.0483 e. The van der Waals surface area contributed by atoms with E-state index in [0.29, 0.717) is 5.88 Å². The molecular weight excluding hydrogens is 212 g/mol. The molecule has 0 nitrogen and oxygen atoms in total. The zero-order valence-electron chi connectivity index (χ0n) is 8.43. The van der Waals surface area contributed by atoms with Gasteiger partial charge in [0.05, 0.1) is 0 Å². The molecule has 1 aromatic carbocycles. The second kappa shape index (κ2) is 3.92. The highest BCUT2D eigenvalue weighted by Gasteiger charge is 2.06. The molecule has 0 N–H and O–H groups in total. The van der Waals surface area contributed by atoms with Gasteiger partial charge in [-0.05, 0) is 42.0 Å². The van der Waals surface area contributed by atoms with E-state index in [1.165, 1.54) is 26.1 Å². The van der Waals surface area contributed by atoms with Crippen LogP contribution in [-0.2, 0) is 12.3 Å². The summed E-state index contributed by atoms with van der Waals surface area (Å²) in [5, 5.41) is 1.35. The van der Waals surface area contributed by atoms with Crippen LogP contribution in [0, 0.1) is 6.92 Å². The van der Waals surface area contributed by atoms with E-state index < -0.39 is 0 Å². The quantitative estimate of drug-likeness (QED) is 0.659. The largest absolute Gasteiger partial charge is 0.140 e. The van der Waals surface area contributed by atoms with Gasteiger partial charge < -0.3 is 0 Å². The number of fused-ring (bicyclic) bond motifs is 1. The third kappa shape index (κ3) is 1.55. The van der Waals surface area contributed by atoms with Crippen molar-refractivity contribution in [2.45, 2.75) is 26.1 Å². The number of hydrogen-bond donors (Lipinski definition) is 0. The number of halogens is 1. The molecule has 0 fully saturated rings. The van der Waals surface area contributed by atoms with Crippen LogP contribution in [0.3, 0.4) is 0 Å². The monoisotopic (exact) mass is 224 g/mol. The molecule has 0 aliphatic carbocycles. The molecule has 1 aromatic heterocycles. The SMILES string of the molecule is CCc1cc2c(CCl)c(C)ccc2s1. The Morgan fingerprint density at radius 2 is 2.14 bits per heavy atom. The lowest BCUT2D eigenvalue weighted by Gasteiger charge is -2.02. The number of benzene rings is 1. The highest BCUT2D eigenvalue weighted by Crippen LogP contribution is 2.31. The maximum absolute atomic E-state index is 5.97. The molecule has 0 radical (unpaired) electrons. The summed E-state index contributed by atoms with van der Waals surface area (Å²) < 4.78 is 1.36. The van der Waals surface area contributed by atoms with Crippen LogP contribution in [0.1, 0.15) is 22.9 Å². The van der Waals surface area contributed by atoms with Crippen molar-refractivity contribution < 1.29 is 0 Å². The van der Waals surface area contributed by atoms with Crippen molar-refractivity contribution in [3.8, 4) is 0 Å². The highest BCUT2D eigenvalue weighted by atomic mass is 35.5. The lowest BCUT2D eigenvalue weighted by Crippen LogP contribution is -1.84. The number of alkyl halides is 1. The van der Waals surface area contributed by atoms with Crippen LogP contribution in [0.2, 0.25) is 0 Å². The Kier molecular flexibility index (Phi) is 2.80. The number of thiophene rings is 1. The van der Waals surface area contributed by atoms with E-state index in [9.17, 15) is 0 Å². The highest BCUT2D eigenvalue weighted by molar-refractivity contribution is 7.19. The van der Waals surface area contributed by atoms with Gasteiger partial charge in [-0.3, -0.25) is 0 Å². The van der Waals surface area contributed by atoms with Gasteiger partial charge in [0, 0.05) is 15.5 Å². The smallest absolute Gasteiger partial charge is 0.0483 e. The Morgan fingerprint density at radius 1 is 1.36 bits per heavy atom. The molecule has 0 unspecified atom stereocenters. The van der Waals surface area contributed by atoms with Gasteiger partial charge in [0.1, 0.15) is 0 Å². The lowest BCUT2D eigenvalue weighted by atomic mass is 10.1. The molecule has 0 saturated heterocycles. The molecule has 14 heavy (non-hydrogen) atoms. The fourth-order valence-corrected chi connectivity index (χ4v) is 3.07. The van der Waals surface area contributed by atoms with Gasteiger partial charge >= 0.3 is 0 Å². The van der Waals surface area contributed by atoms with Crippen molar-refractivity contribution in [3.63, 3.8) is 0 Å². The second-order valence-electron chi connectivity index (χ2n) is 3.47. The molecule has 0 aliphatic rings. The zero-order valence-corrected chi connectivity index (χ0v) is 10.0.